The maximum absolute atomic E-state index is 12.6. The van der Waals surface area contributed by atoms with Gasteiger partial charge in [0.1, 0.15) is 5.82 Å². The number of nitrogens with zero attached hydrogens (tertiary/aromatic N) is 3. The molecule has 4 aromatic rings. The molecule has 3 N–H and O–H groups in total. The zero-order valence-corrected chi connectivity index (χ0v) is 20.7. The Kier molecular flexibility index (Phi) is 7.30. The van der Waals surface area contributed by atoms with Crippen LogP contribution in [0.4, 0.5) is 5.69 Å². The van der Waals surface area contributed by atoms with Crippen molar-refractivity contribution in [3.63, 3.8) is 0 Å². The van der Waals surface area contributed by atoms with Gasteiger partial charge >= 0.3 is 5.69 Å². The minimum atomic E-state index is -0.599. The van der Waals surface area contributed by atoms with E-state index in [0.29, 0.717) is 27.9 Å². The smallest absolute Gasteiger partial charge is 0.325 e. The van der Waals surface area contributed by atoms with Crippen molar-refractivity contribution < 1.29 is 9.59 Å². The number of rotatable bonds is 8. The van der Waals surface area contributed by atoms with Crippen LogP contribution >= 0.6 is 11.8 Å². The van der Waals surface area contributed by atoms with E-state index in [-0.39, 0.29) is 23.9 Å². The third kappa shape index (κ3) is 5.87. The number of ketones is 1. The summed E-state index contributed by atoms with van der Waals surface area (Å²) in [5, 5.41) is 11.9. The summed E-state index contributed by atoms with van der Waals surface area (Å²) in [6.45, 7) is 5.41. The van der Waals surface area contributed by atoms with Crippen LogP contribution in [-0.4, -0.2) is 42.2 Å². The van der Waals surface area contributed by atoms with Crippen molar-refractivity contribution in [3.05, 3.63) is 97.6 Å². The molecule has 11 heteroatoms. The summed E-state index contributed by atoms with van der Waals surface area (Å²) < 4.78 is 1.83. The molecule has 2 aromatic heterocycles. The van der Waals surface area contributed by atoms with Gasteiger partial charge in [0.05, 0.1) is 11.4 Å². The number of amides is 1. The number of Topliss-reactive ketones (excluding diaryl/α,β-unsaturated/α-hetero) is 1. The molecule has 0 saturated carbocycles. The summed E-state index contributed by atoms with van der Waals surface area (Å²) in [5.41, 5.74) is 3.28. The lowest BCUT2D eigenvalue weighted by atomic mass is 10.1. The summed E-state index contributed by atoms with van der Waals surface area (Å²) in [6, 6.07) is 14.0. The van der Waals surface area contributed by atoms with Crippen LogP contribution in [0.3, 0.4) is 0 Å². The Balaban J connectivity index is 1.59. The second-order valence-electron chi connectivity index (χ2n) is 8.28. The van der Waals surface area contributed by atoms with Gasteiger partial charge in [0.15, 0.2) is 10.9 Å². The Labute approximate surface area is 210 Å². The maximum Gasteiger partial charge on any atom is 0.325 e. The maximum atomic E-state index is 12.6. The van der Waals surface area contributed by atoms with E-state index in [1.165, 1.54) is 24.8 Å². The van der Waals surface area contributed by atoms with E-state index in [2.05, 4.69) is 25.5 Å². The average Bonchev–Trinajstić information content (AvgIpc) is 3.21. The van der Waals surface area contributed by atoms with Gasteiger partial charge in [-0.1, -0.05) is 23.9 Å². The first-order valence-corrected chi connectivity index (χ1v) is 12.1. The summed E-state index contributed by atoms with van der Waals surface area (Å²) in [6.07, 6.45) is 0.162. The number of aromatic amines is 2. The fourth-order valence-electron chi connectivity index (χ4n) is 3.61. The third-order valence-corrected chi connectivity index (χ3v) is 6.31. The molecular weight excluding hydrogens is 480 g/mol. The number of aromatic nitrogens is 5. The van der Waals surface area contributed by atoms with Crippen LogP contribution in [0, 0.1) is 13.8 Å². The monoisotopic (exact) mass is 504 g/mol. The summed E-state index contributed by atoms with van der Waals surface area (Å²) in [4.78, 5) is 52.3. The van der Waals surface area contributed by atoms with Gasteiger partial charge in [-0.25, -0.2) is 4.79 Å². The fraction of sp³-hybridized carbons (Fsp3) is 0.200. The van der Waals surface area contributed by atoms with Crippen LogP contribution in [-0.2, 0) is 11.2 Å². The van der Waals surface area contributed by atoms with Crippen LogP contribution in [0.1, 0.15) is 39.9 Å². The quantitative estimate of drug-likeness (QED) is 0.247. The predicted molar refractivity (Wildman–Crippen MR) is 137 cm³/mol. The van der Waals surface area contributed by atoms with Crippen LogP contribution in [0.15, 0.2) is 63.3 Å². The highest BCUT2D eigenvalue weighted by molar-refractivity contribution is 7.99. The van der Waals surface area contributed by atoms with Gasteiger partial charge in [-0.3, -0.25) is 23.9 Å². The van der Waals surface area contributed by atoms with Crippen molar-refractivity contribution in [2.75, 3.05) is 11.1 Å². The molecule has 2 aromatic carbocycles. The van der Waals surface area contributed by atoms with Crippen molar-refractivity contribution in [1.29, 1.82) is 0 Å². The van der Waals surface area contributed by atoms with E-state index in [0.717, 1.165) is 16.8 Å². The Morgan fingerprint density at radius 3 is 2.44 bits per heavy atom. The highest BCUT2D eigenvalue weighted by Crippen LogP contribution is 2.26. The standard InChI is InChI=1S/C25H24N6O4S/c1-14-4-5-15(2)20(10-14)31-21(11-19-12-22(33)28-24(35)27-19)29-30-25(31)36-13-23(34)26-18-8-6-17(7-9-18)16(3)32/h4-10,12H,11,13H2,1-3H3,(H,26,34)(H2,27,28,33,35). The molecule has 0 unspecified atom stereocenters. The van der Waals surface area contributed by atoms with E-state index in [4.69, 9.17) is 0 Å². The minimum absolute atomic E-state index is 0.0470. The number of carbonyl (C=O) groups is 2. The molecule has 1 amide bonds. The molecule has 36 heavy (non-hydrogen) atoms. The van der Waals surface area contributed by atoms with Gasteiger partial charge in [-0.05, 0) is 62.2 Å². The van der Waals surface area contributed by atoms with E-state index in [1.54, 1.807) is 24.3 Å². The van der Waals surface area contributed by atoms with E-state index < -0.39 is 11.2 Å². The van der Waals surface area contributed by atoms with Crippen molar-refractivity contribution in [3.8, 4) is 5.69 Å². The van der Waals surface area contributed by atoms with Crippen molar-refractivity contribution in [1.82, 2.24) is 24.7 Å². The number of nitrogens with one attached hydrogen (secondary N) is 3. The molecule has 184 valence electrons. The Bertz CT molecular complexity index is 1520. The number of benzene rings is 2. The van der Waals surface area contributed by atoms with Crippen LogP contribution in [0.5, 0.6) is 0 Å². The number of thioether (sulfide) groups is 1. The zero-order valence-electron chi connectivity index (χ0n) is 19.9. The minimum Gasteiger partial charge on any atom is -0.325 e. The molecule has 10 nitrogen and oxygen atoms in total. The molecule has 0 radical (unpaired) electrons. The lowest BCUT2D eigenvalue weighted by molar-refractivity contribution is -0.113. The first-order valence-electron chi connectivity index (χ1n) is 11.1. The van der Waals surface area contributed by atoms with Gasteiger partial charge in [0, 0.05) is 29.4 Å². The Morgan fingerprint density at radius 1 is 1.00 bits per heavy atom. The highest BCUT2D eigenvalue weighted by Gasteiger charge is 2.18. The van der Waals surface area contributed by atoms with Crippen molar-refractivity contribution in [2.45, 2.75) is 32.3 Å². The van der Waals surface area contributed by atoms with E-state index >= 15 is 0 Å². The van der Waals surface area contributed by atoms with Gasteiger partial charge in [0.25, 0.3) is 5.56 Å². The lowest BCUT2D eigenvalue weighted by Crippen LogP contribution is -2.23. The topological polar surface area (TPSA) is 143 Å². The Morgan fingerprint density at radius 2 is 1.75 bits per heavy atom. The van der Waals surface area contributed by atoms with Gasteiger partial charge in [-0.2, -0.15) is 0 Å². The largest absolute Gasteiger partial charge is 0.325 e. The normalized spacial score (nSPS) is 10.9. The molecule has 0 aliphatic heterocycles. The number of hydrogen-bond donors (Lipinski definition) is 3. The number of carbonyl (C=O) groups excluding carboxylic acids is 2. The summed E-state index contributed by atoms with van der Waals surface area (Å²) in [7, 11) is 0. The van der Waals surface area contributed by atoms with Crippen LogP contribution in [0.25, 0.3) is 5.69 Å². The zero-order chi connectivity index (χ0) is 25.8. The van der Waals surface area contributed by atoms with E-state index in [1.807, 2.05) is 36.6 Å². The molecule has 0 fully saturated rings. The molecule has 4 rings (SSSR count). The molecule has 2 heterocycles. The molecular formula is C25H24N6O4S. The number of anilines is 1. The average molecular weight is 505 g/mol. The van der Waals surface area contributed by atoms with Gasteiger partial charge in [-0.15, -0.1) is 10.2 Å². The van der Waals surface area contributed by atoms with E-state index in [9.17, 15) is 19.2 Å². The predicted octanol–water partition coefficient (Wildman–Crippen LogP) is 2.78. The second kappa shape index (κ2) is 10.6. The summed E-state index contributed by atoms with van der Waals surface area (Å²) in [5.74, 6) is 0.285. The SMILES string of the molecule is CC(=O)c1ccc(NC(=O)CSc2nnc(Cc3cc(=O)[nH]c(=O)[nH]3)n2-c2cc(C)ccc2C)cc1. The van der Waals surface area contributed by atoms with Crippen LogP contribution in [0.2, 0.25) is 0 Å². The van der Waals surface area contributed by atoms with Gasteiger partial charge in [0.2, 0.25) is 5.91 Å². The molecule has 0 atom stereocenters. The second-order valence-corrected chi connectivity index (χ2v) is 9.23. The molecule has 0 aliphatic rings. The first-order chi connectivity index (χ1) is 17.2. The lowest BCUT2D eigenvalue weighted by Gasteiger charge is -2.14. The molecule has 0 saturated heterocycles. The first kappa shape index (κ1) is 24.9. The molecule has 0 aliphatic carbocycles. The third-order valence-electron chi connectivity index (χ3n) is 5.38. The Hall–Kier alpha value is -4.25. The molecule has 0 spiro atoms. The highest BCUT2D eigenvalue weighted by atomic mass is 32.2. The number of H-pyrrole nitrogens is 2. The van der Waals surface area contributed by atoms with Gasteiger partial charge < -0.3 is 10.3 Å². The number of aryl methyl sites for hydroxylation is 2. The number of hydrogen-bond acceptors (Lipinski definition) is 7. The molecule has 0 bridgehead atoms. The summed E-state index contributed by atoms with van der Waals surface area (Å²) >= 11 is 1.21. The van der Waals surface area contributed by atoms with Crippen molar-refractivity contribution >= 4 is 29.1 Å². The van der Waals surface area contributed by atoms with Crippen molar-refractivity contribution in [2.24, 2.45) is 0 Å². The van der Waals surface area contributed by atoms with Crippen LogP contribution < -0.4 is 16.6 Å². The fourth-order valence-corrected chi connectivity index (χ4v) is 4.37.